The minimum atomic E-state index is -3.90. The van der Waals surface area contributed by atoms with Gasteiger partial charge in [0.05, 0.1) is 23.8 Å². The topological polar surface area (TPSA) is 122 Å². The molecule has 0 unspecified atom stereocenters. The lowest BCUT2D eigenvalue weighted by Crippen LogP contribution is -2.52. The monoisotopic (exact) mass is 531 g/mol. The molecule has 2 aromatic rings. The number of para-hydroxylation sites is 1. The van der Waals surface area contributed by atoms with Gasteiger partial charge in [-0.25, -0.2) is 8.42 Å². The summed E-state index contributed by atoms with van der Waals surface area (Å²) < 4.78 is 31.5. The van der Waals surface area contributed by atoms with E-state index in [2.05, 4.69) is 10.7 Å². The Labute approximate surface area is 219 Å². The molecule has 2 amide bonds. The molecular weight excluding hydrogens is 494 g/mol. The van der Waals surface area contributed by atoms with E-state index in [4.69, 9.17) is 4.74 Å². The highest BCUT2D eigenvalue weighted by Gasteiger charge is 2.38. The van der Waals surface area contributed by atoms with Crippen molar-refractivity contribution in [2.24, 2.45) is 17.8 Å². The number of esters is 1. The summed E-state index contributed by atoms with van der Waals surface area (Å²) in [7, 11) is -3.90. The van der Waals surface area contributed by atoms with E-state index in [0.29, 0.717) is 5.56 Å². The molecule has 0 aliphatic heterocycles. The first-order valence-corrected chi connectivity index (χ1v) is 14.0. The third kappa shape index (κ3) is 9.53. The van der Waals surface area contributed by atoms with E-state index in [1.165, 1.54) is 0 Å². The number of hydrogen-bond acceptors (Lipinski definition) is 6. The van der Waals surface area contributed by atoms with Gasteiger partial charge in [-0.05, 0) is 57.4 Å². The first-order valence-electron chi connectivity index (χ1n) is 12.1. The fraction of sp³-hybridized carbons (Fsp3) is 0.444. The zero-order chi connectivity index (χ0) is 27.8. The van der Waals surface area contributed by atoms with Crippen LogP contribution in [0.15, 0.2) is 60.7 Å². The van der Waals surface area contributed by atoms with Gasteiger partial charge < -0.3 is 10.1 Å². The van der Waals surface area contributed by atoms with Gasteiger partial charge in [-0.2, -0.15) is 4.41 Å². The second-order valence-electron chi connectivity index (χ2n) is 10.3. The Morgan fingerprint density at radius 3 is 1.95 bits per heavy atom. The number of ether oxygens (including phenoxy) is 1. The molecule has 0 bridgehead atoms. The van der Waals surface area contributed by atoms with Crippen LogP contribution >= 0.6 is 0 Å². The molecule has 9 nitrogen and oxygen atoms in total. The molecule has 202 valence electrons. The minimum absolute atomic E-state index is 0.0195. The van der Waals surface area contributed by atoms with Crippen molar-refractivity contribution in [2.45, 2.75) is 46.6 Å². The average molecular weight is 532 g/mol. The number of carbonyl (C=O) groups is 3. The van der Waals surface area contributed by atoms with Crippen LogP contribution in [-0.2, 0) is 24.3 Å². The minimum Gasteiger partial charge on any atom is -0.460 e. The number of sulfonamides is 1. The Hall–Kier alpha value is -3.40. The number of nitrogens with one attached hydrogen (secondary N) is 2. The summed E-state index contributed by atoms with van der Waals surface area (Å²) in [4.78, 5) is 39.6. The van der Waals surface area contributed by atoms with E-state index in [9.17, 15) is 22.8 Å². The molecule has 0 fully saturated rings. The van der Waals surface area contributed by atoms with Crippen LogP contribution in [0.25, 0.3) is 0 Å². The van der Waals surface area contributed by atoms with Crippen LogP contribution in [0.1, 0.15) is 51.4 Å². The Bertz CT molecular complexity index is 1160. The summed E-state index contributed by atoms with van der Waals surface area (Å²) in [5, 5.41) is 2.74. The second-order valence-corrected chi connectivity index (χ2v) is 12.1. The van der Waals surface area contributed by atoms with Gasteiger partial charge >= 0.3 is 5.97 Å². The maximum atomic E-state index is 13.6. The van der Waals surface area contributed by atoms with Gasteiger partial charge in [0.1, 0.15) is 5.60 Å². The second kappa shape index (κ2) is 12.7. The van der Waals surface area contributed by atoms with Crippen LogP contribution in [0.5, 0.6) is 0 Å². The van der Waals surface area contributed by atoms with Crippen LogP contribution in [-0.4, -0.2) is 44.6 Å². The molecule has 0 spiro atoms. The quantitative estimate of drug-likeness (QED) is 0.338. The molecular formula is C27H37N3O6S. The number of rotatable bonds is 11. The average Bonchev–Trinajstić information content (AvgIpc) is 2.80. The lowest BCUT2D eigenvalue weighted by molar-refractivity contribution is -0.163. The summed E-state index contributed by atoms with van der Waals surface area (Å²) >= 11 is 0. The predicted molar refractivity (Wildman–Crippen MR) is 143 cm³/mol. The molecule has 0 radical (unpaired) electrons. The molecule has 0 saturated carbocycles. The zero-order valence-electron chi connectivity index (χ0n) is 22.2. The van der Waals surface area contributed by atoms with Gasteiger partial charge in [0.2, 0.25) is 15.9 Å². The van der Waals surface area contributed by atoms with Gasteiger partial charge in [0, 0.05) is 12.1 Å². The summed E-state index contributed by atoms with van der Waals surface area (Å²) in [6.45, 7) is 8.74. The largest absolute Gasteiger partial charge is 0.460 e. The van der Waals surface area contributed by atoms with Crippen LogP contribution in [0.2, 0.25) is 0 Å². The standard InChI is InChI=1S/C27H37N3O6S/c1-19(2)17-22(25(32)29-30(37(6,34)35)21-15-11-8-12-16-21)23(26(33)36-27(3,4)5)18-28-24(31)20-13-9-7-10-14-20/h7-16,19,22-23H,17-18H2,1-6H3,(H,28,31)(H,29,32)/t22-,23+/m1/s1. The van der Waals surface area contributed by atoms with E-state index < -0.39 is 45.2 Å². The number of nitrogens with zero attached hydrogens (tertiary/aromatic N) is 1. The highest BCUT2D eigenvalue weighted by atomic mass is 32.2. The van der Waals surface area contributed by atoms with Gasteiger partial charge in [-0.3, -0.25) is 19.8 Å². The fourth-order valence-corrected chi connectivity index (χ4v) is 4.47. The highest BCUT2D eigenvalue weighted by Crippen LogP contribution is 2.26. The van der Waals surface area contributed by atoms with Crippen molar-refractivity contribution in [3.05, 3.63) is 66.2 Å². The molecule has 0 aliphatic carbocycles. The van der Waals surface area contributed by atoms with Crippen LogP contribution < -0.4 is 15.2 Å². The SMILES string of the molecule is CC(C)C[C@@H](C(=O)NN(c1ccccc1)S(C)(=O)=O)[C@H](CNC(=O)c1ccccc1)C(=O)OC(C)(C)C. The Morgan fingerprint density at radius 2 is 1.46 bits per heavy atom. The van der Waals surface area contributed by atoms with E-state index in [-0.39, 0.29) is 24.6 Å². The summed E-state index contributed by atoms with van der Waals surface area (Å²) in [6.07, 6.45) is 1.23. The predicted octanol–water partition coefficient (Wildman–Crippen LogP) is 3.53. The van der Waals surface area contributed by atoms with Crippen molar-refractivity contribution in [1.82, 2.24) is 10.7 Å². The number of amides is 2. The first kappa shape index (κ1) is 29.8. The molecule has 0 aromatic heterocycles. The van der Waals surface area contributed by atoms with Crippen molar-refractivity contribution in [1.29, 1.82) is 0 Å². The number of anilines is 1. The zero-order valence-corrected chi connectivity index (χ0v) is 23.0. The normalized spacial score (nSPS) is 13.4. The third-order valence-electron chi connectivity index (χ3n) is 5.31. The molecule has 0 heterocycles. The van der Waals surface area contributed by atoms with Gasteiger partial charge in [0.25, 0.3) is 5.91 Å². The molecule has 2 atom stereocenters. The number of hydrazine groups is 1. The Balaban J connectivity index is 2.40. The van der Waals surface area contributed by atoms with E-state index in [0.717, 1.165) is 10.7 Å². The van der Waals surface area contributed by atoms with Crippen molar-refractivity contribution in [3.63, 3.8) is 0 Å². The Morgan fingerprint density at radius 1 is 0.919 bits per heavy atom. The van der Waals surface area contributed by atoms with Crippen LogP contribution in [0.4, 0.5) is 5.69 Å². The van der Waals surface area contributed by atoms with Crippen molar-refractivity contribution in [3.8, 4) is 0 Å². The fourth-order valence-electron chi connectivity index (χ4n) is 3.71. The van der Waals surface area contributed by atoms with Crippen LogP contribution in [0.3, 0.4) is 0 Å². The number of carbonyl (C=O) groups excluding carboxylic acids is 3. The van der Waals surface area contributed by atoms with Crippen molar-refractivity contribution in [2.75, 3.05) is 17.2 Å². The van der Waals surface area contributed by atoms with E-state index in [1.807, 2.05) is 13.8 Å². The summed E-state index contributed by atoms with van der Waals surface area (Å²) in [6, 6.07) is 16.6. The lowest BCUT2D eigenvalue weighted by atomic mass is 9.84. The molecule has 2 aromatic carbocycles. The van der Waals surface area contributed by atoms with Crippen molar-refractivity contribution < 1.29 is 27.5 Å². The maximum Gasteiger partial charge on any atom is 0.312 e. The maximum absolute atomic E-state index is 13.6. The highest BCUT2D eigenvalue weighted by molar-refractivity contribution is 7.92. The smallest absolute Gasteiger partial charge is 0.312 e. The van der Waals surface area contributed by atoms with Gasteiger partial charge in [-0.15, -0.1) is 0 Å². The van der Waals surface area contributed by atoms with Crippen LogP contribution in [0, 0.1) is 17.8 Å². The summed E-state index contributed by atoms with van der Waals surface area (Å²) in [5.41, 5.74) is 2.30. The molecule has 2 rings (SSSR count). The molecule has 0 aliphatic rings. The molecule has 37 heavy (non-hydrogen) atoms. The van der Waals surface area contributed by atoms with Gasteiger partial charge in [-0.1, -0.05) is 50.2 Å². The van der Waals surface area contributed by atoms with E-state index in [1.54, 1.807) is 81.4 Å². The molecule has 2 N–H and O–H groups in total. The molecule has 0 saturated heterocycles. The Kier molecular flexibility index (Phi) is 10.2. The first-order chi connectivity index (χ1) is 17.2. The van der Waals surface area contributed by atoms with E-state index >= 15 is 0 Å². The third-order valence-corrected chi connectivity index (χ3v) is 6.28. The van der Waals surface area contributed by atoms with Crippen molar-refractivity contribution >= 4 is 33.5 Å². The number of benzene rings is 2. The summed E-state index contributed by atoms with van der Waals surface area (Å²) in [5.74, 6) is -3.81. The number of hydrogen-bond donors (Lipinski definition) is 2. The molecule has 10 heteroatoms. The lowest BCUT2D eigenvalue weighted by Gasteiger charge is -2.31. The van der Waals surface area contributed by atoms with Gasteiger partial charge in [0.15, 0.2) is 0 Å².